The molecule has 1 N–H and O–H groups in total. The second kappa shape index (κ2) is 7.29. The van der Waals surface area contributed by atoms with Crippen molar-refractivity contribution in [2.75, 3.05) is 18.1 Å². The van der Waals surface area contributed by atoms with Crippen LogP contribution in [0.1, 0.15) is 21.7 Å². The Hall–Kier alpha value is -1.04. The van der Waals surface area contributed by atoms with Gasteiger partial charge in [0, 0.05) is 32.9 Å². The number of nitrogens with zero attached hydrogens (tertiary/aromatic N) is 1. The molecule has 0 unspecified atom stereocenters. The van der Waals surface area contributed by atoms with Crippen LogP contribution in [-0.2, 0) is 0 Å². The van der Waals surface area contributed by atoms with Gasteiger partial charge in [-0.15, -0.1) is 0 Å². The maximum absolute atomic E-state index is 12.3. The number of carbonyl (C=O) groups is 1. The third-order valence-corrected chi connectivity index (χ3v) is 4.70. The fourth-order valence-electron chi connectivity index (χ4n) is 2.36. The second-order valence-electron chi connectivity index (χ2n) is 4.80. The Labute approximate surface area is 137 Å². The van der Waals surface area contributed by atoms with E-state index in [1.807, 2.05) is 44.2 Å². The van der Waals surface area contributed by atoms with E-state index in [0.29, 0.717) is 11.5 Å². The molecule has 3 nitrogen and oxygen atoms in total. The molecule has 0 spiro atoms. The zero-order valence-corrected chi connectivity index (χ0v) is 14.5. The molecule has 2 aromatic rings. The minimum absolute atomic E-state index is 0.106. The van der Waals surface area contributed by atoms with E-state index in [4.69, 9.17) is 5.11 Å². The molecular formula is C16H18BrNO2S. The number of aryl methyl sites for hydroxylation is 1. The molecule has 0 fully saturated rings. The van der Waals surface area contributed by atoms with Crippen molar-refractivity contribution in [3.63, 3.8) is 0 Å². The number of Topliss-reactive ketones (excluding diaryl/α,β-unsaturated/α-hetero) is 1. The first-order valence-electron chi connectivity index (χ1n) is 6.71. The lowest BCUT2D eigenvalue weighted by Crippen LogP contribution is -2.06. The van der Waals surface area contributed by atoms with Gasteiger partial charge in [-0.1, -0.05) is 22.0 Å². The van der Waals surface area contributed by atoms with Gasteiger partial charge in [-0.25, -0.2) is 0 Å². The average Bonchev–Trinajstić information content (AvgIpc) is 2.74. The highest BCUT2D eigenvalue weighted by Crippen LogP contribution is 2.24. The Kier molecular flexibility index (Phi) is 5.67. The summed E-state index contributed by atoms with van der Waals surface area (Å²) in [5.41, 5.74) is 3.81. The van der Waals surface area contributed by atoms with Gasteiger partial charge in [0.15, 0.2) is 5.78 Å². The summed E-state index contributed by atoms with van der Waals surface area (Å²) in [4.78, 5) is 12.3. The standard InChI is InChI=1S/C16H18BrNO2S/c1-11-8-15(16(20)10-21-7-6-19)12(2)18(11)14-5-3-4-13(17)9-14/h3-5,8-9,19H,6-7,10H2,1-2H3. The van der Waals surface area contributed by atoms with E-state index in [9.17, 15) is 4.79 Å². The quantitative estimate of drug-likeness (QED) is 0.624. The van der Waals surface area contributed by atoms with E-state index in [1.165, 1.54) is 11.8 Å². The third kappa shape index (κ3) is 3.78. The number of halogens is 1. The van der Waals surface area contributed by atoms with Crippen molar-refractivity contribution in [1.82, 2.24) is 4.57 Å². The number of aliphatic hydroxyl groups is 1. The van der Waals surface area contributed by atoms with Crippen molar-refractivity contribution in [3.8, 4) is 5.69 Å². The van der Waals surface area contributed by atoms with Crippen molar-refractivity contribution in [2.45, 2.75) is 13.8 Å². The maximum Gasteiger partial charge on any atom is 0.174 e. The Balaban J connectivity index is 2.31. The Morgan fingerprint density at radius 2 is 2.10 bits per heavy atom. The maximum atomic E-state index is 12.3. The first-order chi connectivity index (χ1) is 10.0. The molecule has 0 aliphatic heterocycles. The fraction of sp³-hybridized carbons (Fsp3) is 0.312. The summed E-state index contributed by atoms with van der Waals surface area (Å²) in [7, 11) is 0. The number of aliphatic hydroxyl groups excluding tert-OH is 1. The molecule has 2 rings (SSSR count). The lowest BCUT2D eigenvalue weighted by Gasteiger charge is -2.10. The van der Waals surface area contributed by atoms with E-state index in [-0.39, 0.29) is 12.4 Å². The summed E-state index contributed by atoms with van der Waals surface area (Å²) in [6, 6.07) is 9.97. The number of ketones is 1. The van der Waals surface area contributed by atoms with Gasteiger partial charge < -0.3 is 9.67 Å². The van der Waals surface area contributed by atoms with Crippen LogP contribution in [0.25, 0.3) is 5.69 Å². The van der Waals surface area contributed by atoms with E-state index >= 15 is 0 Å². The molecule has 1 aromatic carbocycles. The number of rotatable bonds is 6. The molecule has 1 aromatic heterocycles. The van der Waals surface area contributed by atoms with Crippen LogP contribution in [0.15, 0.2) is 34.8 Å². The van der Waals surface area contributed by atoms with Crippen molar-refractivity contribution in [1.29, 1.82) is 0 Å². The normalized spacial score (nSPS) is 10.9. The van der Waals surface area contributed by atoms with Gasteiger partial charge in [0.2, 0.25) is 0 Å². The van der Waals surface area contributed by atoms with Crippen LogP contribution in [0.5, 0.6) is 0 Å². The largest absolute Gasteiger partial charge is 0.396 e. The highest BCUT2D eigenvalue weighted by Gasteiger charge is 2.16. The Morgan fingerprint density at radius 1 is 1.33 bits per heavy atom. The highest BCUT2D eigenvalue weighted by atomic mass is 79.9. The van der Waals surface area contributed by atoms with E-state index in [0.717, 1.165) is 27.1 Å². The van der Waals surface area contributed by atoms with Gasteiger partial charge in [-0.2, -0.15) is 11.8 Å². The Bertz CT molecular complexity index is 652. The van der Waals surface area contributed by atoms with Crippen molar-refractivity contribution in [3.05, 3.63) is 51.8 Å². The van der Waals surface area contributed by atoms with Crippen LogP contribution >= 0.6 is 27.7 Å². The van der Waals surface area contributed by atoms with E-state index < -0.39 is 0 Å². The topological polar surface area (TPSA) is 42.2 Å². The molecule has 0 radical (unpaired) electrons. The van der Waals surface area contributed by atoms with Crippen molar-refractivity contribution in [2.24, 2.45) is 0 Å². The van der Waals surface area contributed by atoms with E-state index in [2.05, 4.69) is 20.5 Å². The summed E-state index contributed by atoms with van der Waals surface area (Å²) < 4.78 is 3.10. The second-order valence-corrected chi connectivity index (χ2v) is 6.82. The molecular weight excluding hydrogens is 350 g/mol. The predicted octanol–water partition coefficient (Wildman–Crippen LogP) is 3.76. The molecule has 1 heterocycles. The molecule has 0 bridgehead atoms. The third-order valence-electron chi connectivity index (χ3n) is 3.27. The first kappa shape index (κ1) is 16.3. The molecule has 112 valence electrons. The van der Waals surface area contributed by atoms with Gasteiger partial charge in [0.1, 0.15) is 0 Å². The van der Waals surface area contributed by atoms with E-state index in [1.54, 1.807) is 0 Å². The van der Waals surface area contributed by atoms with Crippen LogP contribution in [-0.4, -0.2) is 33.6 Å². The molecule has 0 atom stereocenters. The minimum atomic E-state index is 0.106. The number of benzene rings is 1. The summed E-state index contributed by atoms with van der Waals surface area (Å²) in [5, 5.41) is 8.79. The number of aromatic nitrogens is 1. The first-order valence-corrected chi connectivity index (χ1v) is 8.66. The highest BCUT2D eigenvalue weighted by molar-refractivity contribution is 9.10. The number of thioether (sulfide) groups is 1. The molecule has 21 heavy (non-hydrogen) atoms. The number of hydrogen-bond acceptors (Lipinski definition) is 3. The molecule has 0 saturated heterocycles. The average molecular weight is 368 g/mol. The summed E-state index contributed by atoms with van der Waals surface area (Å²) in [6.45, 7) is 4.08. The minimum Gasteiger partial charge on any atom is -0.396 e. The van der Waals surface area contributed by atoms with Gasteiger partial charge in [-0.3, -0.25) is 4.79 Å². The lowest BCUT2D eigenvalue weighted by atomic mass is 10.2. The zero-order chi connectivity index (χ0) is 15.4. The zero-order valence-electron chi connectivity index (χ0n) is 12.1. The smallest absolute Gasteiger partial charge is 0.174 e. The summed E-state index contributed by atoms with van der Waals surface area (Å²) in [6.07, 6.45) is 0. The lowest BCUT2D eigenvalue weighted by molar-refractivity contribution is 0.102. The van der Waals surface area contributed by atoms with Crippen molar-refractivity contribution < 1.29 is 9.90 Å². The SMILES string of the molecule is Cc1cc(C(=O)CSCCO)c(C)n1-c1cccc(Br)c1. The van der Waals surface area contributed by atoms with Crippen LogP contribution in [0.2, 0.25) is 0 Å². The summed E-state index contributed by atoms with van der Waals surface area (Å²) >= 11 is 4.94. The van der Waals surface area contributed by atoms with Crippen molar-refractivity contribution >= 4 is 33.5 Å². The Morgan fingerprint density at radius 3 is 2.76 bits per heavy atom. The fourth-order valence-corrected chi connectivity index (χ4v) is 3.37. The van der Waals surface area contributed by atoms with Crippen LogP contribution in [0.3, 0.4) is 0 Å². The van der Waals surface area contributed by atoms with Crippen LogP contribution < -0.4 is 0 Å². The number of hydrogen-bond donors (Lipinski definition) is 1. The van der Waals surface area contributed by atoms with Crippen LogP contribution in [0.4, 0.5) is 0 Å². The molecule has 5 heteroatoms. The molecule has 0 amide bonds. The van der Waals surface area contributed by atoms with Gasteiger partial charge in [0.25, 0.3) is 0 Å². The molecule has 0 saturated carbocycles. The van der Waals surface area contributed by atoms with Crippen LogP contribution in [0, 0.1) is 13.8 Å². The summed E-state index contributed by atoms with van der Waals surface area (Å²) in [5.74, 6) is 1.11. The number of carbonyl (C=O) groups excluding carboxylic acids is 1. The predicted molar refractivity (Wildman–Crippen MR) is 91.7 cm³/mol. The monoisotopic (exact) mass is 367 g/mol. The van der Waals surface area contributed by atoms with Gasteiger partial charge in [0.05, 0.1) is 12.4 Å². The molecule has 0 aliphatic carbocycles. The molecule has 0 aliphatic rings. The van der Waals surface area contributed by atoms with Gasteiger partial charge >= 0.3 is 0 Å². The van der Waals surface area contributed by atoms with Gasteiger partial charge in [-0.05, 0) is 38.1 Å².